The lowest BCUT2D eigenvalue weighted by Crippen LogP contribution is -2.52. The smallest absolute Gasteiger partial charge is 0.278 e. The summed E-state index contributed by atoms with van der Waals surface area (Å²) in [6.07, 6.45) is 3.59. The van der Waals surface area contributed by atoms with Gasteiger partial charge in [0, 0.05) is 107 Å². The molecule has 3 aromatic heterocycles. The van der Waals surface area contributed by atoms with Crippen LogP contribution in [0.15, 0.2) is 109 Å². The summed E-state index contributed by atoms with van der Waals surface area (Å²) in [5.74, 6) is 0.414. The number of allylic oxidation sites excluding steroid dienone is 1. The van der Waals surface area contributed by atoms with Gasteiger partial charge in [-0.3, -0.25) is 39.2 Å². The number of hydrogen-bond donors (Lipinski definition) is 4. The fourth-order valence-electron chi connectivity index (χ4n) is 10.8. The molecule has 22 heteroatoms. The highest BCUT2D eigenvalue weighted by Gasteiger charge is 2.40. The van der Waals surface area contributed by atoms with Gasteiger partial charge < -0.3 is 44.3 Å². The average molecular weight is 1120 g/mol. The molecule has 2 atom stereocenters. The first kappa shape index (κ1) is 57.8. The molecule has 4 aliphatic rings. The van der Waals surface area contributed by atoms with E-state index in [0.717, 1.165) is 74.9 Å². The lowest BCUT2D eigenvalue weighted by atomic mass is 10.0. The van der Waals surface area contributed by atoms with Gasteiger partial charge in [-0.2, -0.15) is 4.98 Å². The van der Waals surface area contributed by atoms with Crippen molar-refractivity contribution in [2.24, 2.45) is 0 Å². The number of carbonyl (C=O) groups excluding carboxylic acids is 3. The van der Waals surface area contributed by atoms with E-state index >= 15 is 0 Å². The number of benzene rings is 3. The number of aromatic nitrogens is 5. The number of anilines is 3. The Hall–Kier alpha value is -7.41. The van der Waals surface area contributed by atoms with E-state index in [4.69, 9.17) is 23.9 Å². The molecular weight excluding hydrogens is 1050 g/mol. The Bertz CT molecular complexity index is 3240. The zero-order valence-electron chi connectivity index (χ0n) is 46.8. The molecule has 0 bridgehead atoms. The topological polar surface area (TPSA) is 234 Å². The van der Waals surface area contributed by atoms with Crippen molar-refractivity contribution in [3.63, 3.8) is 0 Å². The highest BCUT2D eigenvalue weighted by Crippen LogP contribution is 2.34. The van der Waals surface area contributed by atoms with Gasteiger partial charge in [-0.25, -0.2) is 19.3 Å². The number of fused-ring (bicyclic) bond motifs is 2. The second-order valence-electron chi connectivity index (χ2n) is 21.6. The van der Waals surface area contributed by atoms with E-state index in [9.17, 15) is 29.4 Å². The summed E-state index contributed by atoms with van der Waals surface area (Å²) in [6, 6.07) is 26.5. The number of pyridine rings is 1. The maximum atomic E-state index is 13.4. The minimum atomic E-state index is -1.18. The molecule has 4 aliphatic heterocycles. The molecule has 22 nitrogen and oxygen atoms in total. The zero-order chi connectivity index (χ0) is 57.2. The molecule has 434 valence electrons. The van der Waals surface area contributed by atoms with E-state index in [2.05, 4.69) is 71.0 Å². The summed E-state index contributed by atoms with van der Waals surface area (Å²) in [4.78, 5) is 75.5. The van der Waals surface area contributed by atoms with Gasteiger partial charge in [0.1, 0.15) is 35.6 Å². The second-order valence-corrected chi connectivity index (χ2v) is 21.6. The molecule has 10 rings (SSSR count). The highest BCUT2D eigenvalue weighted by atomic mass is 16.5. The zero-order valence-corrected chi connectivity index (χ0v) is 46.8. The van der Waals surface area contributed by atoms with E-state index in [1.807, 2.05) is 30.3 Å². The van der Waals surface area contributed by atoms with Crippen LogP contribution < -0.4 is 25.8 Å². The molecule has 7 heterocycles. The number of piperazine rings is 2. The maximum absolute atomic E-state index is 13.4. The van der Waals surface area contributed by atoms with Crippen molar-refractivity contribution in [1.82, 2.24) is 49.2 Å². The standard InChI is InChI=1S/C60H74N12O10/c1-4-22-71-58(77)47-38-61-59(65-55(47)72(71)52-10-6-9-51(63-52)60(2,3)78)62-44-15-17-45(18-16-44)68-27-29-69(30-28-68)54(74)21-32-79-34-36-81-37-35-80-33-31-66-23-25-67(26-24-66)39-42-11-13-43(14-12-42)41-82-50-8-5-7-46-48(50)40-70(57(46)76)49-19-20-53(73)64-56(49)75/h4-18,38,49,54,74,78H,1,19-37,39-41H2,2-3H3,(H,61,62,65)(H,64,73,75). The van der Waals surface area contributed by atoms with Crippen molar-refractivity contribution in [1.29, 1.82) is 0 Å². The minimum Gasteiger partial charge on any atom is -0.489 e. The fraction of sp³-hybridized carbons (Fsp3) is 0.450. The molecule has 0 spiro atoms. The molecule has 2 unspecified atom stereocenters. The van der Waals surface area contributed by atoms with E-state index in [1.54, 1.807) is 59.8 Å². The van der Waals surface area contributed by atoms with Crippen molar-refractivity contribution >= 4 is 46.1 Å². The number of piperidine rings is 1. The highest BCUT2D eigenvalue weighted by molar-refractivity contribution is 6.05. The van der Waals surface area contributed by atoms with Crippen LogP contribution in [-0.2, 0) is 55.6 Å². The van der Waals surface area contributed by atoms with E-state index in [1.165, 1.54) is 16.4 Å². The Labute approximate surface area is 476 Å². The number of carbonyl (C=O) groups is 3. The molecule has 3 amide bonds. The second kappa shape index (κ2) is 26.7. The third-order valence-electron chi connectivity index (χ3n) is 15.4. The summed E-state index contributed by atoms with van der Waals surface area (Å²) in [7, 11) is 0. The van der Waals surface area contributed by atoms with Gasteiger partial charge >= 0.3 is 0 Å². The van der Waals surface area contributed by atoms with Crippen LogP contribution in [0.2, 0.25) is 0 Å². The Morgan fingerprint density at radius 2 is 1.50 bits per heavy atom. The van der Waals surface area contributed by atoms with Gasteiger partial charge in [0.2, 0.25) is 17.8 Å². The molecular formula is C60H74N12O10. The number of nitrogens with one attached hydrogen (secondary N) is 2. The third kappa shape index (κ3) is 14.1. The first-order valence-corrected chi connectivity index (χ1v) is 28.3. The molecule has 6 aromatic rings. The molecule has 0 aliphatic carbocycles. The summed E-state index contributed by atoms with van der Waals surface area (Å²) in [5, 5.41) is 27.5. The fourth-order valence-corrected chi connectivity index (χ4v) is 10.8. The molecule has 0 radical (unpaired) electrons. The first-order valence-electron chi connectivity index (χ1n) is 28.3. The molecule has 82 heavy (non-hydrogen) atoms. The van der Waals surface area contributed by atoms with Crippen LogP contribution in [-0.4, -0.2) is 183 Å². The van der Waals surface area contributed by atoms with Crippen LogP contribution in [0.3, 0.4) is 0 Å². The lowest BCUT2D eigenvalue weighted by Gasteiger charge is -2.38. The van der Waals surface area contributed by atoms with Gasteiger partial charge in [-0.15, -0.1) is 6.58 Å². The number of aliphatic hydroxyl groups excluding tert-OH is 1. The number of amides is 3. The first-order chi connectivity index (χ1) is 39.8. The lowest BCUT2D eigenvalue weighted by molar-refractivity contribution is -0.136. The molecule has 3 saturated heterocycles. The normalized spacial score (nSPS) is 17.8. The van der Waals surface area contributed by atoms with E-state index < -0.39 is 23.8 Å². The Balaban J connectivity index is 0.553. The summed E-state index contributed by atoms with van der Waals surface area (Å²) >= 11 is 0. The SMILES string of the molecule is C=CCn1c(=O)c2cnc(Nc3ccc(N4CCN(C(O)CCOCCOCCOCCN5CCN(Cc6ccc(COc7cccc8c7CN(C7CCC(=O)NC7=O)C8=O)cc6)CC5)CC4)cc3)nc2n1-c1cccc(C(C)(C)O)n1. The third-order valence-corrected chi connectivity index (χ3v) is 15.4. The molecule has 4 N–H and O–H groups in total. The van der Waals surface area contributed by atoms with E-state index in [0.29, 0.717) is 112 Å². The van der Waals surface area contributed by atoms with Crippen LogP contribution in [0.4, 0.5) is 17.3 Å². The summed E-state index contributed by atoms with van der Waals surface area (Å²) in [5.41, 5.74) is 4.76. The number of ether oxygens (including phenoxy) is 4. The van der Waals surface area contributed by atoms with Crippen LogP contribution >= 0.6 is 0 Å². The average Bonchev–Trinajstić information content (AvgIpc) is 4.21. The Morgan fingerprint density at radius 3 is 2.22 bits per heavy atom. The van der Waals surface area contributed by atoms with Gasteiger partial charge in [-0.1, -0.05) is 42.5 Å². The van der Waals surface area contributed by atoms with Crippen LogP contribution in [0, 0.1) is 0 Å². The maximum Gasteiger partial charge on any atom is 0.278 e. The Morgan fingerprint density at radius 1 is 0.805 bits per heavy atom. The van der Waals surface area contributed by atoms with Crippen LogP contribution in [0.25, 0.3) is 16.9 Å². The number of imide groups is 1. The number of nitrogens with zero attached hydrogens (tertiary/aromatic N) is 10. The number of rotatable bonds is 26. The Kier molecular flexibility index (Phi) is 18.8. The largest absolute Gasteiger partial charge is 0.489 e. The van der Waals surface area contributed by atoms with Crippen molar-refractivity contribution in [2.75, 3.05) is 109 Å². The van der Waals surface area contributed by atoms with Gasteiger partial charge in [0.15, 0.2) is 11.5 Å². The molecule has 0 saturated carbocycles. The van der Waals surface area contributed by atoms with Crippen LogP contribution in [0.1, 0.15) is 65.9 Å². The number of aliphatic hydroxyl groups is 2. The summed E-state index contributed by atoms with van der Waals surface area (Å²) in [6.45, 7) is 19.6. The van der Waals surface area contributed by atoms with Crippen molar-refractivity contribution in [2.45, 2.75) is 77.2 Å². The number of hydrogen-bond acceptors (Lipinski definition) is 18. The van der Waals surface area contributed by atoms with Gasteiger partial charge in [-0.05, 0) is 79.9 Å². The van der Waals surface area contributed by atoms with Crippen molar-refractivity contribution in [3.8, 4) is 11.6 Å². The predicted octanol–water partition coefficient (Wildman–Crippen LogP) is 4.17. The van der Waals surface area contributed by atoms with Gasteiger partial charge in [0.05, 0.1) is 58.4 Å². The van der Waals surface area contributed by atoms with Crippen molar-refractivity contribution in [3.05, 3.63) is 142 Å². The predicted molar refractivity (Wildman–Crippen MR) is 308 cm³/mol. The van der Waals surface area contributed by atoms with Crippen LogP contribution in [0.5, 0.6) is 5.75 Å². The monoisotopic (exact) mass is 1120 g/mol. The minimum absolute atomic E-state index is 0.213. The molecule has 3 fully saturated rings. The summed E-state index contributed by atoms with van der Waals surface area (Å²) < 4.78 is 26.7. The van der Waals surface area contributed by atoms with Gasteiger partial charge in [0.25, 0.3) is 11.5 Å². The molecule has 3 aromatic carbocycles. The van der Waals surface area contributed by atoms with Crippen molar-refractivity contribution < 1.29 is 43.5 Å². The van der Waals surface area contributed by atoms with E-state index in [-0.39, 0.29) is 36.9 Å². The quantitative estimate of drug-likeness (QED) is 0.0339.